The molecule has 0 aromatic heterocycles. The number of nitrogens with zero attached hydrogens (tertiary/aromatic N) is 1. The fourth-order valence-corrected chi connectivity index (χ4v) is 3.30. The van der Waals surface area contributed by atoms with E-state index in [1.54, 1.807) is 0 Å². The predicted octanol–water partition coefficient (Wildman–Crippen LogP) is 3.14. The molecule has 116 valence electrons. The molecule has 2 N–H and O–H groups in total. The smallest absolute Gasteiger partial charge is 0.124 e. The van der Waals surface area contributed by atoms with E-state index in [4.69, 9.17) is 10.5 Å². The van der Waals surface area contributed by atoms with E-state index < -0.39 is 0 Å². The minimum atomic E-state index is 0.205. The Hall–Kier alpha value is -1.84. The average Bonchev–Trinajstić information content (AvgIpc) is 2.57. The predicted molar refractivity (Wildman–Crippen MR) is 90.0 cm³/mol. The Kier molecular flexibility index (Phi) is 4.76. The lowest BCUT2D eigenvalue weighted by Gasteiger charge is -2.35. The van der Waals surface area contributed by atoms with Gasteiger partial charge < -0.3 is 10.5 Å². The summed E-state index contributed by atoms with van der Waals surface area (Å²) in [5.74, 6) is 0.958. The van der Waals surface area contributed by atoms with Crippen LogP contribution < -0.4 is 10.5 Å². The Morgan fingerprint density at radius 2 is 1.82 bits per heavy atom. The van der Waals surface area contributed by atoms with Gasteiger partial charge in [-0.15, -0.1) is 0 Å². The third-order valence-electron chi connectivity index (χ3n) is 4.40. The Morgan fingerprint density at radius 1 is 1.09 bits per heavy atom. The quantitative estimate of drug-likeness (QED) is 0.921. The van der Waals surface area contributed by atoms with Gasteiger partial charge in [0.05, 0.1) is 12.6 Å². The number of nitrogens with two attached hydrogens (primary N) is 1. The zero-order valence-electron chi connectivity index (χ0n) is 13.2. The molecular weight excluding hydrogens is 272 g/mol. The molecular formula is C19H24N2O. The van der Waals surface area contributed by atoms with Crippen LogP contribution in [0.4, 0.5) is 0 Å². The van der Waals surface area contributed by atoms with E-state index in [0.29, 0.717) is 13.2 Å². The summed E-state index contributed by atoms with van der Waals surface area (Å²) < 4.78 is 5.80. The van der Waals surface area contributed by atoms with E-state index in [2.05, 4.69) is 41.3 Å². The molecule has 1 aliphatic heterocycles. The maximum Gasteiger partial charge on any atom is 0.124 e. The lowest BCUT2D eigenvalue weighted by Crippen LogP contribution is -2.37. The zero-order chi connectivity index (χ0) is 15.4. The summed E-state index contributed by atoms with van der Waals surface area (Å²) in [5.41, 5.74) is 10.2. The van der Waals surface area contributed by atoms with Crippen LogP contribution in [0.15, 0.2) is 48.5 Å². The van der Waals surface area contributed by atoms with E-state index in [9.17, 15) is 0 Å². The topological polar surface area (TPSA) is 38.5 Å². The highest BCUT2D eigenvalue weighted by Gasteiger charge is 2.25. The van der Waals surface area contributed by atoms with Crippen LogP contribution >= 0.6 is 0 Å². The van der Waals surface area contributed by atoms with E-state index in [1.807, 2.05) is 19.1 Å². The third-order valence-corrected chi connectivity index (χ3v) is 4.40. The van der Waals surface area contributed by atoms with E-state index in [1.165, 1.54) is 16.7 Å². The summed E-state index contributed by atoms with van der Waals surface area (Å²) in [6, 6.07) is 17.2. The fraction of sp³-hybridized carbons (Fsp3) is 0.368. The van der Waals surface area contributed by atoms with Gasteiger partial charge in [-0.2, -0.15) is 0 Å². The number of hydrogen-bond donors (Lipinski definition) is 1. The lowest BCUT2D eigenvalue weighted by molar-refractivity contribution is 0.179. The van der Waals surface area contributed by atoms with Crippen LogP contribution in [0.5, 0.6) is 5.75 Å². The van der Waals surface area contributed by atoms with Gasteiger partial charge in [0, 0.05) is 25.2 Å². The molecule has 1 heterocycles. The highest BCUT2D eigenvalue weighted by atomic mass is 16.5. The highest BCUT2D eigenvalue weighted by Crippen LogP contribution is 2.32. The van der Waals surface area contributed by atoms with Crippen molar-refractivity contribution in [1.82, 2.24) is 4.90 Å². The maximum atomic E-state index is 6.12. The SMILES string of the molecule is CCOc1ccccc1C(CN)N1CCc2ccccc2C1. The van der Waals surface area contributed by atoms with Crippen molar-refractivity contribution in [3.63, 3.8) is 0 Å². The zero-order valence-corrected chi connectivity index (χ0v) is 13.2. The number of fused-ring (bicyclic) bond motifs is 1. The van der Waals surface area contributed by atoms with Crippen molar-refractivity contribution >= 4 is 0 Å². The van der Waals surface area contributed by atoms with Gasteiger partial charge in [-0.1, -0.05) is 42.5 Å². The molecule has 0 saturated carbocycles. The average molecular weight is 296 g/mol. The second-order valence-corrected chi connectivity index (χ2v) is 5.71. The number of para-hydroxylation sites is 1. The largest absolute Gasteiger partial charge is 0.494 e. The second kappa shape index (κ2) is 6.95. The number of rotatable bonds is 5. The minimum Gasteiger partial charge on any atom is -0.494 e. The summed E-state index contributed by atoms with van der Waals surface area (Å²) in [4.78, 5) is 2.47. The molecule has 0 fully saturated rings. The van der Waals surface area contributed by atoms with Crippen LogP contribution in [0.2, 0.25) is 0 Å². The van der Waals surface area contributed by atoms with Gasteiger partial charge in [-0.05, 0) is 30.5 Å². The van der Waals surface area contributed by atoms with Crippen molar-refractivity contribution in [2.24, 2.45) is 5.73 Å². The molecule has 3 heteroatoms. The monoisotopic (exact) mass is 296 g/mol. The van der Waals surface area contributed by atoms with Gasteiger partial charge in [0.1, 0.15) is 5.75 Å². The molecule has 3 nitrogen and oxygen atoms in total. The van der Waals surface area contributed by atoms with Crippen molar-refractivity contribution in [1.29, 1.82) is 0 Å². The fourth-order valence-electron chi connectivity index (χ4n) is 3.30. The molecule has 0 aliphatic carbocycles. The summed E-state index contributed by atoms with van der Waals surface area (Å²) in [6.07, 6.45) is 1.09. The first-order valence-corrected chi connectivity index (χ1v) is 8.06. The first-order valence-electron chi connectivity index (χ1n) is 8.06. The summed E-state index contributed by atoms with van der Waals surface area (Å²) in [5, 5.41) is 0. The summed E-state index contributed by atoms with van der Waals surface area (Å²) >= 11 is 0. The van der Waals surface area contributed by atoms with Crippen LogP contribution in [0.25, 0.3) is 0 Å². The normalized spacial score (nSPS) is 16.1. The third kappa shape index (κ3) is 3.01. The van der Waals surface area contributed by atoms with Crippen LogP contribution in [0, 0.1) is 0 Å². The molecule has 0 spiro atoms. The van der Waals surface area contributed by atoms with Crippen LogP contribution in [-0.2, 0) is 13.0 Å². The van der Waals surface area contributed by atoms with Gasteiger partial charge in [-0.3, -0.25) is 4.90 Å². The first-order chi connectivity index (χ1) is 10.8. The van der Waals surface area contributed by atoms with Gasteiger partial charge in [0.25, 0.3) is 0 Å². The molecule has 0 radical (unpaired) electrons. The van der Waals surface area contributed by atoms with Crippen LogP contribution in [0.3, 0.4) is 0 Å². The second-order valence-electron chi connectivity index (χ2n) is 5.71. The Labute approximate surface area is 132 Å². The standard InChI is InChI=1S/C19H24N2O/c1-2-22-19-10-6-5-9-17(19)18(13-20)21-12-11-15-7-3-4-8-16(15)14-21/h3-10,18H,2,11-14,20H2,1H3. The molecule has 1 unspecified atom stereocenters. The Bertz CT molecular complexity index is 626. The number of benzene rings is 2. The molecule has 0 saturated heterocycles. The molecule has 0 amide bonds. The van der Waals surface area contributed by atoms with Gasteiger partial charge >= 0.3 is 0 Å². The van der Waals surface area contributed by atoms with Gasteiger partial charge in [-0.25, -0.2) is 0 Å². The molecule has 0 bridgehead atoms. The lowest BCUT2D eigenvalue weighted by atomic mass is 9.96. The van der Waals surface area contributed by atoms with Crippen molar-refractivity contribution in [2.45, 2.75) is 25.9 Å². The van der Waals surface area contributed by atoms with Crippen molar-refractivity contribution in [2.75, 3.05) is 19.7 Å². The van der Waals surface area contributed by atoms with E-state index in [0.717, 1.165) is 25.3 Å². The van der Waals surface area contributed by atoms with Crippen LogP contribution in [-0.4, -0.2) is 24.6 Å². The highest BCUT2D eigenvalue weighted by molar-refractivity contribution is 5.37. The molecule has 22 heavy (non-hydrogen) atoms. The molecule has 1 aliphatic rings. The number of hydrogen-bond acceptors (Lipinski definition) is 3. The minimum absolute atomic E-state index is 0.205. The van der Waals surface area contributed by atoms with Crippen LogP contribution in [0.1, 0.15) is 29.7 Å². The number of ether oxygens (including phenoxy) is 1. The van der Waals surface area contributed by atoms with Crippen molar-refractivity contribution in [3.05, 3.63) is 65.2 Å². The molecule has 1 atom stereocenters. The van der Waals surface area contributed by atoms with Gasteiger partial charge in [0.15, 0.2) is 0 Å². The van der Waals surface area contributed by atoms with Crippen molar-refractivity contribution < 1.29 is 4.74 Å². The van der Waals surface area contributed by atoms with Crippen molar-refractivity contribution in [3.8, 4) is 5.75 Å². The maximum absolute atomic E-state index is 6.12. The van der Waals surface area contributed by atoms with E-state index >= 15 is 0 Å². The summed E-state index contributed by atoms with van der Waals surface area (Å²) in [6.45, 7) is 5.30. The molecule has 2 aromatic carbocycles. The molecule has 3 rings (SSSR count). The Morgan fingerprint density at radius 3 is 2.59 bits per heavy atom. The Balaban J connectivity index is 1.87. The van der Waals surface area contributed by atoms with E-state index in [-0.39, 0.29) is 6.04 Å². The van der Waals surface area contributed by atoms with Gasteiger partial charge in [0.2, 0.25) is 0 Å². The molecule has 2 aromatic rings. The first kappa shape index (κ1) is 15.1. The summed E-state index contributed by atoms with van der Waals surface area (Å²) in [7, 11) is 0.